The number of methoxy groups -OCH3 is 1. The summed E-state index contributed by atoms with van der Waals surface area (Å²) in [5, 5.41) is 0. The van der Waals surface area contributed by atoms with Crippen LogP contribution in [0.4, 0.5) is 0 Å². The lowest BCUT2D eigenvalue weighted by molar-refractivity contribution is 0.317. The van der Waals surface area contributed by atoms with Gasteiger partial charge >= 0.3 is 0 Å². The zero-order chi connectivity index (χ0) is 12.0. The molecule has 0 aliphatic rings. The Bertz CT molecular complexity index is 413. The summed E-state index contributed by atoms with van der Waals surface area (Å²) < 4.78 is 31.5. The third kappa shape index (κ3) is 5.23. The van der Waals surface area contributed by atoms with Crippen LogP contribution in [0.3, 0.4) is 0 Å². The molecule has 6 heteroatoms. The standard InChI is InChI=1S/C10H13ClO4S/c1-14-9-3-5-10(6-4-9)15-7-2-8-16(11,12)13/h3-6H,2,7-8H2,1H3. The molecule has 90 valence electrons. The summed E-state index contributed by atoms with van der Waals surface area (Å²) in [5.41, 5.74) is 0. The molecule has 0 unspecified atom stereocenters. The maximum absolute atomic E-state index is 10.6. The highest BCUT2D eigenvalue weighted by molar-refractivity contribution is 8.13. The first-order chi connectivity index (χ1) is 7.51. The van der Waals surface area contributed by atoms with Crippen LogP contribution in [0, 0.1) is 0 Å². The quantitative estimate of drug-likeness (QED) is 0.583. The highest BCUT2D eigenvalue weighted by atomic mass is 35.7. The lowest BCUT2D eigenvalue weighted by atomic mass is 10.3. The predicted molar refractivity (Wildman–Crippen MR) is 62.7 cm³/mol. The lowest BCUT2D eigenvalue weighted by Gasteiger charge is -2.06. The molecule has 0 atom stereocenters. The largest absolute Gasteiger partial charge is 0.497 e. The van der Waals surface area contributed by atoms with E-state index in [-0.39, 0.29) is 5.75 Å². The van der Waals surface area contributed by atoms with Crippen molar-refractivity contribution in [2.45, 2.75) is 6.42 Å². The second-order valence-corrected chi connectivity index (χ2v) is 6.02. The first kappa shape index (κ1) is 13.1. The summed E-state index contributed by atoms with van der Waals surface area (Å²) in [6.07, 6.45) is 0.373. The molecule has 1 aromatic rings. The van der Waals surface area contributed by atoms with Crippen LogP contribution in [0.5, 0.6) is 11.5 Å². The Labute approximate surface area is 99.6 Å². The fraction of sp³-hybridized carbons (Fsp3) is 0.400. The van der Waals surface area contributed by atoms with Crippen molar-refractivity contribution in [1.82, 2.24) is 0 Å². The Morgan fingerprint density at radius 1 is 1.19 bits per heavy atom. The smallest absolute Gasteiger partial charge is 0.232 e. The Hall–Kier alpha value is -0.940. The Morgan fingerprint density at radius 3 is 2.25 bits per heavy atom. The van der Waals surface area contributed by atoms with Crippen molar-refractivity contribution in [2.24, 2.45) is 0 Å². The highest BCUT2D eigenvalue weighted by Gasteiger charge is 2.04. The normalized spacial score (nSPS) is 11.1. The number of hydrogen-bond donors (Lipinski definition) is 0. The second kappa shape index (κ2) is 5.96. The molecule has 0 aliphatic heterocycles. The van der Waals surface area contributed by atoms with Gasteiger partial charge in [-0.2, -0.15) is 0 Å². The molecule has 16 heavy (non-hydrogen) atoms. The molecule has 0 heterocycles. The minimum atomic E-state index is -3.42. The average Bonchev–Trinajstić information content (AvgIpc) is 2.24. The Balaban J connectivity index is 2.32. The van der Waals surface area contributed by atoms with Gasteiger partial charge in [0.05, 0.1) is 19.5 Å². The SMILES string of the molecule is COc1ccc(OCCCS(=O)(=O)Cl)cc1. The average molecular weight is 265 g/mol. The van der Waals surface area contributed by atoms with Crippen molar-refractivity contribution in [2.75, 3.05) is 19.5 Å². The van der Waals surface area contributed by atoms with Crippen LogP contribution in [0.2, 0.25) is 0 Å². The van der Waals surface area contributed by atoms with E-state index in [2.05, 4.69) is 0 Å². The zero-order valence-electron chi connectivity index (χ0n) is 8.85. The summed E-state index contributed by atoms with van der Waals surface area (Å²) >= 11 is 0. The van der Waals surface area contributed by atoms with E-state index in [1.54, 1.807) is 31.4 Å². The first-order valence-corrected chi connectivity index (χ1v) is 7.18. The molecule has 0 bridgehead atoms. The van der Waals surface area contributed by atoms with Gasteiger partial charge < -0.3 is 9.47 Å². The van der Waals surface area contributed by atoms with E-state index in [0.29, 0.717) is 18.8 Å². The molecule has 0 N–H and O–H groups in total. The topological polar surface area (TPSA) is 52.6 Å². The summed E-state index contributed by atoms with van der Waals surface area (Å²) in [4.78, 5) is 0. The maximum atomic E-state index is 10.6. The van der Waals surface area contributed by atoms with Crippen molar-refractivity contribution < 1.29 is 17.9 Å². The van der Waals surface area contributed by atoms with Crippen LogP contribution in [0.15, 0.2) is 24.3 Å². The van der Waals surface area contributed by atoms with Crippen molar-refractivity contribution in [3.05, 3.63) is 24.3 Å². The van der Waals surface area contributed by atoms with Crippen LogP contribution < -0.4 is 9.47 Å². The van der Waals surface area contributed by atoms with Gasteiger partial charge in [0.15, 0.2) is 0 Å². The third-order valence-corrected chi connectivity index (χ3v) is 3.10. The van der Waals surface area contributed by atoms with Gasteiger partial charge in [0.2, 0.25) is 9.05 Å². The molecule has 0 aliphatic carbocycles. The van der Waals surface area contributed by atoms with E-state index in [1.165, 1.54) is 0 Å². The summed E-state index contributed by atoms with van der Waals surface area (Å²) in [7, 11) is 3.22. The molecule has 4 nitrogen and oxygen atoms in total. The van der Waals surface area contributed by atoms with Crippen molar-refractivity contribution in [3.63, 3.8) is 0 Å². The molecule has 0 radical (unpaired) electrons. The molecule has 0 saturated carbocycles. The molecular weight excluding hydrogens is 252 g/mol. The number of rotatable bonds is 6. The Morgan fingerprint density at radius 2 is 1.75 bits per heavy atom. The van der Waals surface area contributed by atoms with E-state index < -0.39 is 9.05 Å². The summed E-state index contributed by atoms with van der Waals surface area (Å²) in [6.45, 7) is 0.318. The fourth-order valence-corrected chi connectivity index (χ4v) is 1.88. The van der Waals surface area contributed by atoms with Gasteiger partial charge in [-0.1, -0.05) is 0 Å². The Kier molecular flexibility index (Phi) is 4.89. The van der Waals surface area contributed by atoms with E-state index in [0.717, 1.165) is 5.75 Å². The highest BCUT2D eigenvalue weighted by Crippen LogP contribution is 2.17. The van der Waals surface area contributed by atoms with Crippen LogP contribution in [0.25, 0.3) is 0 Å². The van der Waals surface area contributed by atoms with Crippen LogP contribution in [0.1, 0.15) is 6.42 Å². The van der Waals surface area contributed by atoms with Crippen molar-refractivity contribution in [3.8, 4) is 11.5 Å². The zero-order valence-corrected chi connectivity index (χ0v) is 10.4. The minimum Gasteiger partial charge on any atom is -0.497 e. The number of hydrogen-bond acceptors (Lipinski definition) is 4. The van der Waals surface area contributed by atoms with Crippen LogP contribution in [-0.2, 0) is 9.05 Å². The summed E-state index contributed by atoms with van der Waals surface area (Å²) in [5.74, 6) is 1.34. The third-order valence-electron chi connectivity index (χ3n) is 1.86. The van der Waals surface area contributed by atoms with E-state index in [4.69, 9.17) is 20.2 Å². The van der Waals surface area contributed by atoms with Gasteiger partial charge in [-0.15, -0.1) is 0 Å². The van der Waals surface area contributed by atoms with Crippen LogP contribution in [-0.4, -0.2) is 27.9 Å². The first-order valence-electron chi connectivity index (χ1n) is 4.70. The molecular formula is C10H13ClO4S. The maximum Gasteiger partial charge on any atom is 0.232 e. The molecule has 0 aromatic heterocycles. The molecule has 1 aromatic carbocycles. The number of benzene rings is 1. The van der Waals surface area contributed by atoms with E-state index in [1.807, 2.05) is 0 Å². The lowest BCUT2D eigenvalue weighted by Crippen LogP contribution is -2.04. The van der Waals surface area contributed by atoms with Gasteiger partial charge in [0, 0.05) is 10.7 Å². The molecule has 0 spiro atoms. The van der Waals surface area contributed by atoms with Gasteiger partial charge in [0.25, 0.3) is 0 Å². The predicted octanol–water partition coefficient (Wildman–Crippen LogP) is 2.03. The van der Waals surface area contributed by atoms with Gasteiger partial charge in [-0.05, 0) is 30.7 Å². The van der Waals surface area contributed by atoms with Crippen LogP contribution >= 0.6 is 10.7 Å². The molecule has 0 saturated heterocycles. The molecule has 0 fully saturated rings. The second-order valence-electron chi connectivity index (χ2n) is 3.12. The summed E-state index contributed by atoms with van der Waals surface area (Å²) in [6, 6.07) is 7.06. The van der Waals surface area contributed by atoms with E-state index >= 15 is 0 Å². The van der Waals surface area contributed by atoms with E-state index in [9.17, 15) is 8.42 Å². The van der Waals surface area contributed by atoms with Crippen molar-refractivity contribution in [1.29, 1.82) is 0 Å². The molecule has 1 rings (SSSR count). The number of halogens is 1. The number of ether oxygens (including phenoxy) is 2. The molecule has 0 amide bonds. The monoisotopic (exact) mass is 264 g/mol. The van der Waals surface area contributed by atoms with Gasteiger partial charge in [-0.25, -0.2) is 8.42 Å². The minimum absolute atomic E-state index is 0.0787. The van der Waals surface area contributed by atoms with Gasteiger partial charge in [0.1, 0.15) is 11.5 Å². The van der Waals surface area contributed by atoms with Crippen molar-refractivity contribution >= 4 is 19.7 Å². The fourth-order valence-electron chi connectivity index (χ4n) is 1.09. The van der Waals surface area contributed by atoms with Gasteiger partial charge in [-0.3, -0.25) is 0 Å².